The maximum atomic E-state index is 13.7. The number of benzene rings is 2. The summed E-state index contributed by atoms with van der Waals surface area (Å²) in [6.45, 7) is 5.38. The zero-order valence-electron chi connectivity index (χ0n) is 16.0. The molecule has 0 unspecified atom stereocenters. The second-order valence-corrected chi connectivity index (χ2v) is 6.31. The molecule has 1 heterocycles. The van der Waals surface area contributed by atoms with Crippen LogP contribution in [0.5, 0.6) is 5.75 Å². The number of rotatable bonds is 6. The second-order valence-electron chi connectivity index (χ2n) is 6.31. The standard InChI is InChI=1S/C21H19F2NO5/c1-4-27-14-6-8-18-15(10-14)11(2)19(29-18)21(26)28-12(3)20(25)24-17-7-5-13(22)9-16(17)23/h5-10,12H,4H2,1-3H3,(H,24,25)/t12-/m1/s1. The molecule has 0 fully saturated rings. The fourth-order valence-electron chi connectivity index (χ4n) is 2.74. The summed E-state index contributed by atoms with van der Waals surface area (Å²) in [6, 6.07) is 7.87. The van der Waals surface area contributed by atoms with Gasteiger partial charge in [0.2, 0.25) is 5.76 Å². The van der Waals surface area contributed by atoms with Gasteiger partial charge in [-0.05, 0) is 51.1 Å². The molecule has 1 N–H and O–H groups in total. The van der Waals surface area contributed by atoms with Gasteiger partial charge in [0.1, 0.15) is 23.0 Å². The minimum absolute atomic E-state index is 0.0405. The molecule has 29 heavy (non-hydrogen) atoms. The van der Waals surface area contributed by atoms with Crippen molar-refractivity contribution in [1.29, 1.82) is 0 Å². The predicted octanol–water partition coefficient (Wildman–Crippen LogP) is 4.60. The summed E-state index contributed by atoms with van der Waals surface area (Å²) < 4.78 is 42.8. The van der Waals surface area contributed by atoms with Crippen molar-refractivity contribution in [2.24, 2.45) is 0 Å². The number of carbonyl (C=O) groups excluding carboxylic acids is 2. The molecule has 1 aromatic heterocycles. The number of esters is 1. The Morgan fingerprint density at radius 3 is 2.62 bits per heavy atom. The van der Waals surface area contributed by atoms with Crippen LogP contribution >= 0.6 is 0 Å². The van der Waals surface area contributed by atoms with Gasteiger partial charge in [-0.25, -0.2) is 13.6 Å². The van der Waals surface area contributed by atoms with Crippen LogP contribution in [0.2, 0.25) is 0 Å². The summed E-state index contributed by atoms with van der Waals surface area (Å²) in [7, 11) is 0. The number of hydrogen-bond donors (Lipinski definition) is 1. The molecule has 0 saturated carbocycles. The number of hydrogen-bond acceptors (Lipinski definition) is 5. The van der Waals surface area contributed by atoms with E-state index in [1.165, 1.54) is 6.92 Å². The van der Waals surface area contributed by atoms with E-state index in [0.717, 1.165) is 12.1 Å². The van der Waals surface area contributed by atoms with Gasteiger partial charge in [0.15, 0.2) is 6.10 Å². The average molecular weight is 403 g/mol. The fourth-order valence-corrected chi connectivity index (χ4v) is 2.74. The molecule has 0 radical (unpaired) electrons. The molecule has 0 aliphatic heterocycles. The van der Waals surface area contributed by atoms with Gasteiger partial charge in [0.25, 0.3) is 5.91 Å². The highest BCUT2D eigenvalue weighted by molar-refractivity contribution is 5.99. The number of carbonyl (C=O) groups is 2. The van der Waals surface area contributed by atoms with Crippen LogP contribution in [0.25, 0.3) is 11.0 Å². The minimum atomic E-state index is -1.24. The topological polar surface area (TPSA) is 77.8 Å². The molecule has 2 aromatic carbocycles. The van der Waals surface area contributed by atoms with Crippen molar-refractivity contribution in [2.75, 3.05) is 11.9 Å². The van der Waals surface area contributed by atoms with E-state index in [1.807, 2.05) is 6.92 Å². The summed E-state index contributed by atoms with van der Waals surface area (Å²) in [6.07, 6.45) is -1.24. The van der Waals surface area contributed by atoms with E-state index in [4.69, 9.17) is 13.9 Å². The highest BCUT2D eigenvalue weighted by Crippen LogP contribution is 2.29. The van der Waals surface area contributed by atoms with E-state index < -0.39 is 29.6 Å². The van der Waals surface area contributed by atoms with Crippen molar-refractivity contribution >= 4 is 28.5 Å². The van der Waals surface area contributed by atoms with Crippen molar-refractivity contribution < 1.29 is 32.3 Å². The first-order valence-electron chi connectivity index (χ1n) is 8.93. The van der Waals surface area contributed by atoms with Crippen LogP contribution in [0.3, 0.4) is 0 Å². The highest BCUT2D eigenvalue weighted by Gasteiger charge is 2.25. The lowest BCUT2D eigenvalue weighted by Gasteiger charge is -2.13. The third-order valence-electron chi connectivity index (χ3n) is 4.25. The van der Waals surface area contributed by atoms with Crippen LogP contribution in [-0.4, -0.2) is 24.6 Å². The number of anilines is 1. The lowest BCUT2D eigenvalue weighted by atomic mass is 10.1. The third kappa shape index (κ3) is 4.37. The molecule has 8 heteroatoms. The van der Waals surface area contributed by atoms with E-state index in [9.17, 15) is 18.4 Å². The largest absolute Gasteiger partial charge is 0.494 e. The maximum absolute atomic E-state index is 13.7. The predicted molar refractivity (Wildman–Crippen MR) is 102 cm³/mol. The molecular formula is C21H19F2NO5. The second kappa shape index (κ2) is 8.30. The van der Waals surface area contributed by atoms with Crippen LogP contribution in [0.15, 0.2) is 40.8 Å². The molecule has 1 atom stereocenters. The van der Waals surface area contributed by atoms with E-state index >= 15 is 0 Å². The first kappa shape index (κ1) is 20.3. The Balaban J connectivity index is 1.73. The van der Waals surface area contributed by atoms with Crippen LogP contribution in [0, 0.1) is 18.6 Å². The van der Waals surface area contributed by atoms with Gasteiger partial charge < -0.3 is 19.2 Å². The van der Waals surface area contributed by atoms with Crippen LogP contribution in [-0.2, 0) is 9.53 Å². The van der Waals surface area contributed by atoms with Gasteiger partial charge >= 0.3 is 5.97 Å². The molecule has 6 nitrogen and oxygen atoms in total. The number of aryl methyl sites for hydroxylation is 1. The van der Waals surface area contributed by atoms with Gasteiger partial charge in [-0.3, -0.25) is 4.79 Å². The van der Waals surface area contributed by atoms with Gasteiger partial charge in [-0.2, -0.15) is 0 Å². The Bertz CT molecular complexity index is 1080. The van der Waals surface area contributed by atoms with Crippen LogP contribution in [0.4, 0.5) is 14.5 Å². The van der Waals surface area contributed by atoms with E-state index in [1.54, 1.807) is 25.1 Å². The SMILES string of the molecule is CCOc1ccc2oc(C(=O)O[C@H](C)C(=O)Nc3ccc(F)cc3F)c(C)c2c1. The molecule has 3 aromatic rings. The van der Waals surface area contributed by atoms with E-state index in [0.29, 0.717) is 35.0 Å². The summed E-state index contributed by atoms with van der Waals surface area (Å²) in [4.78, 5) is 24.7. The van der Waals surface area contributed by atoms with Gasteiger partial charge in [0.05, 0.1) is 12.3 Å². The quantitative estimate of drug-likeness (QED) is 0.609. The molecule has 152 valence electrons. The molecule has 0 aliphatic rings. The van der Waals surface area contributed by atoms with Crippen molar-refractivity contribution in [3.8, 4) is 5.75 Å². The zero-order chi connectivity index (χ0) is 21.1. The van der Waals surface area contributed by atoms with Crippen molar-refractivity contribution in [1.82, 2.24) is 0 Å². The molecule has 1 amide bonds. The van der Waals surface area contributed by atoms with Crippen molar-refractivity contribution in [3.63, 3.8) is 0 Å². The number of fused-ring (bicyclic) bond motifs is 1. The number of ether oxygens (including phenoxy) is 2. The number of halogens is 2. The van der Waals surface area contributed by atoms with E-state index in [2.05, 4.69) is 5.32 Å². The summed E-state index contributed by atoms with van der Waals surface area (Å²) in [5.41, 5.74) is 0.801. The Labute approximate surface area is 165 Å². The normalized spacial score (nSPS) is 11.9. The molecule has 0 aliphatic carbocycles. The number of furan rings is 1. The summed E-state index contributed by atoms with van der Waals surface area (Å²) >= 11 is 0. The molecular weight excluding hydrogens is 384 g/mol. The first-order chi connectivity index (χ1) is 13.8. The summed E-state index contributed by atoms with van der Waals surface area (Å²) in [5.74, 6) is -2.71. The Hall–Kier alpha value is -3.42. The van der Waals surface area contributed by atoms with E-state index in [-0.39, 0.29) is 11.4 Å². The van der Waals surface area contributed by atoms with Gasteiger partial charge in [-0.1, -0.05) is 0 Å². The number of amides is 1. The molecule has 0 saturated heterocycles. The summed E-state index contributed by atoms with van der Waals surface area (Å²) in [5, 5.41) is 2.94. The zero-order valence-corrected chi connectivity index (χ0v) is 16.0. The average Bonchev–Trinajstić information content (AvgIpc) is 3.00. The smallest absolute Gasteiger partial charge is 0.375 e. The van der Waals surface area contributed by atoms with Crippen LogP contribution < -0.4 is 10.1 Å². The van der Waals surface area contributed by atoms with Gasteiger partial charge in [-0.15, -0.1) is 0 Å². The molecule has 0 bridgehead atoms. The highest BCUT2D eigenvalue weighted by atomic mass is 19.1. The number of nitrogens with one attached hydrogen (secondary N) is 1. The van der Waals surface area contributed by atoms with Crippen molar-refractivity contribution in [3.05, 3.63) is 59.4 Å². The lowest BCUT2D eigenvalue weighted by Crippen LogP contribution is -2.30. The lowest BCUT2D eigenvalue weighted by molar-refractivity contribution is -0.123. The first-order valence-corrected chi connectivity index (χ1v) is 8.93. The maximum Gasteiger partial charge on any atom is 0.375 e. The molecule has 0 spiro atoms. The Kier molecular flexibility index (Phi) is 5.81. The fraction of sp³-hybridized carbons (Fsp3) is 0.238. The van der Waals surface area contributed by atoms with Crippen LogP contribution in [0.1, 0.15) is 30.0 Å². The van der Waals surface area contributed by atoms with Gasteiger partial charge in [0, 0.05) is 17.0 Å². The Morgan fingerprint density at radius 1 is 1.17 bits per heavy atom. The minimum Gasteiger partial charge on any atom is -0.494 e. The molecule has 3 rings (SSSR count). The monoisotopic (exact) mass is 403 g/mol. The third-order valence-corrected chi connectivity index (χ3v) is 4.25. The Morgan fingerprint density at radius 2 is 1.93 bits per heavy atom. The van der Waals surface area contributed by atoms with Crippen molar-refractivity contribution in [2.45, 2.75) is 26.9 Å².